The number of sulfonamides is 1. The Morgan fingerprint density at radius 3 is 2.56 bits per heavy atom. The molecule has 20 heteroatoms. The van der Waals surface area contributed by atoms with Crippen LogP contribution in [0.15, 0.2) is 77.8 Å². The molecule has 3 N–H and O–H groups in total. The number of para-hydroxylation sites is 1. The maximum absolute atomic E-state index is 14.8. The van der Waals surface area contributed by atoms with E-state index in [0.29, 0.717) is 61.8 Å². The number of benzene rings is 3. The van der Waals surface area contributed by atoms with Crippen molar-refractivity contribution < 1.29 is 46.6 Å². The fourth-order valence-corrected chi connectivity index (χ4v) is 12.5. The Balaban J connectivity index is 0.881. The van der Waals surface area contributed by atoms with Crippen molar-refractivity contribution in [2.75, 3.05) is 74.4 Å². The molecule has 0 unspecified atom stereocenters. The number of anilines is 4. The van der Waals surface area contributed by atoms with E-state index in [1.54, 1.807) is 12.3 Å². The van der Waals surface area contributed by atoms with Crippen LogP contribution in [0.5, 0.6) is 17.4 Å². The topological polar surface area (TPSA) is 212 Å². The molecule has 11 rings (SSSR count). The van der Waals surface area contributed by atoms with Gasteiger partial charge in [0.2, 0.25) is 5.88 Å². The number of pyridine rings is 1. The smallest absolute Gasteiger partial charge is 0.297 e. The minimum Gasteiger partial charge on any atom is -0.491 e. The molecule has 4 fully saturated rings. The summed E-state index contributed by atoms with van der Waals surface area (Å²) in [5, 5.41) is 16.3. The van der Waals surface area contributed by atoms with Gasteiger partial charge in [-0.05, 0) is 102 Å². The molecule has 0 radical (unpaired) electrons. The van der Waals surface area contributed by atoms with Gasteiger partial charge in [-0.25, -0.2) is 13.1 Å². The van der Waals surface area contributed by atoms with Crippen LogP contribution in [0.25, 0.3) is 11.0 Å². The monoisotopic (exact) mass is 1010 g/mol. The number of morpholine rings is 1. The summed E-state index contributed by atoms with van der Waals surface area (Å²) in [6.45, 7) is 12.7. The first-order chi connectivity index (χ1) is 34.7. The SMILES string of the molecule is CC(C)OC[C@H]1COc2cc(S(=O)(=O)NC(=O)c3ccc(N4CCC5(CC4)CC(N4CCOC[C@H]4c4ccccc4OC(C)C)C5)cc3N3c4cc5cc[nH]c5nc4O[C@H]4COCC[C@@H]43)cc([N+](=O)[O-])c2N1. The van der Waals surface area contributed by atoms with Gasteiger partial charge >= 0.3 is 0 Å². The summed E-state index contributed by atoms with van der Waals surface area (Å²) in [5.41, 5.74) is 3.62. The third-order valence-electron chi connectivity index (χ3n) is 15.1. The number of carbonyl (C=O) groups is 1. The third kappa shape index (κ3) is 9.27. The highest BCUT2D eigenvalue weighted by Gasteiger charge is 2.50. The van der Waals surface area contributed by atoms with Gasteiger partial charge in [0.05, 0.1) is 77.8 Å². The first-order valence-corrected chi connectivity index (χ1v) is 26.6. The summed E-state index contributed by atoms with van der Waals surface area (Å²) in [6.07, 6.45) is 6.10. The number of nitrogens with zero attached hydrogens (tertiary/aromatic N) is 5. The fourth-order valence-electron chi connectivity index (χ4n) is 11.5. The molecule has 19 nitrogen and oxygen atoms in total. The Morgan fingerprint density at radius 1 is 0.958 bits per heavy atom. The molecule has 72 heavy (non-hydrogen) atoms. The summed E-state index contributed by atoms with van der Waals surface area (Å²) in [5.74, 6) is 0.336. The normalized spacial score (nSPS) is 23.1. The standard InChI is InChI=1S/C52H62N8O11S/c1-31(2)68-27-34-28-69-46-24-37(23-42(60(62)63)48(46)54-34)72(64,65)56-50(61)39-10-9-35(22-41(39)59-40-12-19-66-30-47(40)71-51-43(59)21-33-11-15-53-49(33)55-51)57-16-13-52(14-17-57)25-36(26-52)58-18-20-67-29-44(58)38-7-5-6-8-45(38)70-32(3)4/h5-11,15,21-24,31-32,34,36,40,44,47,54H,12-14,16-20,25-30H2,1-4H3,(H,53,55)(H,56,61)/t34-,40-,44-,47-/m0/s1. The molecule has 4 atom stereocenters. The van der Waals surface area contributed by atoms with Crippen LogP contribution in [0.1, 0.15) is 81.8 Å². The van der Waals surface area contributed by atoms with E-state index in [2.05, 4.69) is 61.8 Å². The molecule has 1 saturated carbocycles. The first kappa shape index (κ1) is 48.1. The summed E-state index contributed by atoms with van der Waals surface area (Å²) in [7, 11) is -4.71. The maximum atomic E-state index is 14.8. The quantitative estimate of drug-likeness (QED) is 0.0770. The van der Waals surface area contributed by atoms with Crippen molar-refractivity contribution in [1.29, 1.82) is 0 Å². The van der Waals surface area contributed by atoms with Crippen LogP contribution < -0.4 is 34.0 Å². The molecule has 382 valence electrons. The Labute approximate surface area is 418 Å². The number of nitro groups is 1. The van der Waals surface area contributed by atoms with E-state index >= 15 is 0 Å². The van der Waals surface area contributed by atoms with Gasteiger partial charge in [0.15, 0.2) is 11.4 Å². The number of hydrogen-bond acceptors (Lipinski definition) is 16. The van der Waals surface area contributed by atoms with E-state index in [0.717, 1.165) is 68.2 Å². The molecular formula is C52H62N8O11S. The summed E-state index contributed by atoms with van der Waals surface area (Å²) in [6, 6.07) is 19.7. The summed E-state index contributed by atoms with van der Waals surface area (Å²) < 4.78 is 67.1. The van der Waals surface area contributed by atoms with Gasteiger partial charge in [0, 0.05) is 67.2 Å². The van der Waals surface area contributed by atoms with Crippen molar-refractivity contribution >= 4 is 55.4 Å². The number of aromatic amines is 1. The lowest BCUT2D eigenvalue weighted by Gasteiger charge is -2.57. The molecule has 2 aromatic heterocycles. The fraction of sp³-hybridized carbons (Fsp3) is 0.500. The number of carbonyl (C=O) groups excluding carboxylic acids is 1. The van der Waals surface area contributed by atoms with E-state index in [4.69, 9.17) is 33.4 Å². The Bertz CT molecular complexity index is 2970. The van der Waals surface area contributed by atoms with Crippen LogP contribution in [0.2, 0.25) is 0 Å². The zero-order valence-electron chi connectivity index (χ0n) is 41.0. The van der Waals surface area contributed by atoms with Crippen molar-refractivity contribution in [2.24, 2.45) is 5.41 Å². The Morgan fingerprint density at radius 2 is 1.76 bits per heavy atom. The molecule has 3 aromatic carbocycles. The molecule has 0 bridgehead atoms. The number of rotatable bonds is 13. The van der Waals surface area contributed by atoms with Crippen LogP contribution in [0, 0.1) is 15.5 Å². The van der Waals surface area contributed by atoms with Crippen molar-refractivity contribution in [3.63, 3.8) is 0 Å². The molecule has 5 aliphatic heterocycles. The van der Waals surface area contributed by atoms with Gasteiger partial charge in [0.1, 0.15) is 29.8 Å². The minimum atomic E-state index is -4.71. The van der Waals surface area contributed by atoms with E-state index in [9.17, 15) is 23.3 Å². The highest BCUT2D eigenvalue weighted by Crippen LogP contribution is 2.54. The Hall–Kier alpha value is -6.19. The van der Waals surface area contributed by atoms with Gasteiger partial charge in [-0.3, -0.25) is 19.8 Å². The highest BCUT2D eigenvalue weighted by atomic mass is 32.2. The zero-order chi connectivity index (χ0) is 49.9. The summed E-state index contributed by atoms with van der Waals surface area (Å²) in [4.78, 5) is 41.1. The zero-order valence-corrected chi connectivity index (χ0v) is 41.8. The van der Waals surface area contributed by atoms with Gasteiger partial charge in [-0.2, -0.15) is 4.98 Å². The number of nitrogens with one attached hydrogen (secondary N) is 3. The van der Waals surface area contributed by atoms with Crippen LogP contribution in [-0.4, -0.2) is 130 Å². The lowest BCUT2D eigenvalue weighted by molar-refractivity contribution is -0.384. The first-order valence-electron chi connectivity index (χ1n) is 25.1. The number of piperidine rings is 1. The lowest BCUT2D eigenvalue weighted by atomic mass is 9.59. The number of fused-ring (bicyclic) bond motifs is 4. The second-order valence-corrected chi connectivity index (χ2v) is 22.2. The van der Waals surface area contributed by atoms with Crippen LogP contribution in [0.4, 0.5) is 28.4 Å². The second-order valence-electron chi connectivity index (χ2n) is 20.5. The van der Waals surface area contributed by atoms with Gasteiger partial charge in [-0.15, -0.1) is 0 Å². The molecule has 1 spiro atoms. The third-order valence-corrected chi connectivity index (χ3v) is 16.4. The van der Waals surface area contributed by atoms with Crippen molar-refractivity contribution in [2.45, 2.75) is 107 Å². The predicted molar refractivity (Wildman–Crippen MR) is 269 cm³/mol. The number of aromatic nitrogens is 2. The maximum Gasteiger partial charge on any atom is 0.297 e. The molecule has 5 aromatic rings. The second kappa shape index (κ2) is 19.3. The molecule has 3 saturated heterocycles. The van der Waals surface area contributed by atoms with Crippen LogP contribution in [0.3, 0.4) is 0 Å². The van der Waals surface area contributed by atoms with E-state index in [1.807, 2.05) is 44.2 Å². The molecule has 6 aliphatic rings. The van der Waals surface area contributed by atoms with Crippen molar-refractivity contribution in [3.05, 3.63) is 94.2 Å². The summed E-state index contributed by atoms with van der Waals surface area (Å²) >= 11 is 0. The average Bonchev–Trinajstić information content (AvgIpc) is 3.82. The number of nitro benzene ring substituents is 1. The predicted octanol–water partition coefficient (Wildman–Crippen LogP) is 7.49. The number of ether oxygens (including phenoxy) is 6. The lowest BCUT2D eigenvalue weighted by Crippen LogP contribution is -2.57. The Kier molecular flexibility index (Phi) is 12.9. The van der Waals surface area contributed by atoms with E-state index < -0.39 is 43.6 Å². The molecule has 1 aliphatic carbocycles. The molecule has 1 amide bonds. The number of hydrogen-bond donors (Lipinski definition) is 3. The van der Waals surface area contributed by atoms with E-state index in [1.165, 1.54) is 11.6 Å². The van der Waals surface area contributed by atoms with Crippen LogP contribution >= 0.6 is 0 Å². The van der Waals surface area contributed by atoms with Gasteiger partial charge in [-0.1, -0.05) is 18.2 Å². The van der Waals surface area contributed by atoms with Crippen molar-refractivity contribution in [3.8, 4) is 17.4 Å². The molecular weight excluding hydrogens is 945 g/mol. The van der Waals surface area contributed by atoms with Crippen molar-refractivity contribution in [1.82, 2.24) is 19.6 Å². The average molecular weight is 1010 g/mol. The number of H-pyrrole nitrogens is 1. The van der Waals surface area contributed by atoms with Gasteiger partial charge < -0.3 is 48.5 Å². The van der Waals surface area contributed by atoms with Crippen LogP contribution in [-0.2, 0) is 24.2 Å². The van der Waals surface area contributed by atoms with Gasteiger partial charge in [0.25, 0.3) is 21.6 Å². The van der Waals surface area contributed by atoms with E-state index in [-0.39, 0.29) is 59.9 Å². The molecule has 7 heterocycles. The largest absolute Gasteiger partial charge is 0.491 e. The minimum absolute atomic E-state index is 0.0223. The highest BCUT2D eigenvalue weighted by molar-refractivity contribution is 7.90. The number of amides is 1.